The fourth-order valence-electron chi connectivity index (χ4n) is 6.45. The normalized spacial score (nSPS) is 11.2. The molecule has 0 spiro atoms. The van der Waals surface area contributed by atoms with E-state index < -0.39 is 0 Å². The van der Waals surface area contributed by atoms with Crippen LogP contribution in [0.5, 0.6) is 0 Å². The molecule has 0 N–H and O–H groups in total. The van der Waals surface area contributed by atoms with Gasteiger partial charge in [0.2, 0.25) is 0 Å². The van der Waals surface area contributed by atoms with E-state index in [1.807, 2.05) is 30.3 Å². The maximum atomic E-state index is 6.12. The number of hydrogen-bond donors (Lipinski definition) is 0. The molecule has 238 valence electrons. The smallest absolute Gasteiger partial charge is 0.173 e. The number of rotatable bonds is 8. The Labute approximate surface area is 294 Å². The van der Waals surface area contributed by atoms with Crippen molar-refractivity contribution >= 4 is 67.6 Å². The number of anilines is 6. The van der Waals surface area contributed by atoms with Crippen molar-refractivity contribution < 1.29 is 4.42 Å². The minimum atomic E-state index is 0.721. The van der Waals surface area contributed by atoms with E-state index in [1.54, 1.807) is 0 Å². The molecule has 2 heterocycles. The molecule has 0 aliphatic heterocycles. The molecule has 0 aliphatic carbocycles. The molecule has 0 saturated heterocycles. The van der Waals surface area contributed by atoms with Crippen molar-refractivity contribution in [3.05, 3.63) is 182 Å². The topological polar surface area (TPSA) is 45.4 Å². The first-order valence-corrected chi connectivity index (χ1v) is 17.3. The highest BCUT2D eigenvalue weighted by molar-refractivity contribution is 7.09. The molecule has 0 unspecified atom stereocenters. The summed E-state index contributed by atoms with van der Waals surface area (Å²) in [6, 6.07) is 62.9. The molecule has 0 amide bonds. The second-order valence-corrected chi connectivity index (χ2v) is 12.7. The van der Waals surface area contributed by atoms with Crippen LogP contribution in [0, 0.1) is 0 Å². The Balaban J connectivity index is 1.01. The summed E-state index contributed by atoms with van der Waals surface area (Å²) in [6.07, 6.45) is 0. The average Bonchev–Trinajstić information content (AvgIpc) is 3.83. The van der Waals surface area contributed by atoms with Gasteiger partial charge >= 0.3 is 0 Å². The van der Waals surface area contributed by atoms with Gasteiger partial charge in [-0.1, -0.05) is 72.8 Å². The van der Waals surface area contributed by atoms with Crippen LogP contribution in [-0.4, -0.2) is 9.36 Å². The van der Waals surface area contributed by atoms with Gasteiger partial charge in [0.25, 0.3) is 0 Å². The van der Waals surface area contributed by atoms with E-state index in [2.05, 4.69) is 161 Å². The molecule has 7 aromatic carbocycles. The quantitative estimate of drug-likeness (QED) is 0.162. The van der Waals surface area contributed by atoms with Crippen molar-refractivity contribution in [3.8, 4) is 22.0 Å². The Morgan fingerprint density at radius 3 is 1.46 bits per heavy atom. The molecule has 5 nitrogen and oxygen atoms in total. The molecule has 0 saturated carbocycles. The van der Waals surface area contributed by atoms with Crippen molar-refractivity contribution in [3.63, 3.8) is 0 Å². The van der Waals surface area contributed by atoms with E-state index in [9.17, 15) is 0 Å². The van der Waals surface area contributed by atoms with Gasteiger partial charge in [-0.25, -0.2) is 4.98 Å². The second kappa shape index (κ2) is 12.8. The lowest BCUT2D eigenvalue weighted by molar-refractivity contribution is 0.669. The minimum Gasteiger partial charge on any atom is -0.456 e. The summed E-state index contributed by atoms with van der Waals surface area (Å²) in [4.78, 5) is 9.48. The Morgan fingerprint density at radius 2 is 0.860 bits per heavy atom. The Hall–Kier alpha value is -6.50. The minimum absolute atomic E-state index is 0.721. The van der Waals surface area contributed by atoms with Crippen LogP contribution < -0.4 is 9.80 Å². The third-order valence-corrected chi connectivity index (χ3v) is 9.61. The zero-order valence-corrected chi connectivity index (χ0v) is 27.7. The van der Waals surface area contributed by atoms with Gasteiger partial charge < -0.3 is 14.2 Å². The number of fused-ring (bicyclic) bond motifs is 3. The van der Waals surface area contributed by atoms with Crippen molar-refractivity contribution in [1.82, 2.24) is 9.36 Å². The summed E-state index contributed by atoms with van der Waals surface area (Å²) >= 11 is 1.42. The fourth-order valence-corrected chi connectivity index (χ4v) is 7.14. The van der Waals surface area contributed by atoms with E-state index in [-0.39, 0.29) is 0 Å². The summed E-state index contributed by atoms with van der Waals surface area (Å²) in [5.41, 5.74) is 10.2. The highest BCUT2D eigenvalue weighted by Gasteiger charge is 2.17. The predicted molar refractivity (Wildman–Crippen MR) is 207 cm³/mol. The standard InChI is InChI=1S/C44H30N4OS/c1-4-12-33(13-5-1)47(34-14-6-2-7-15-34)36-24-20-31(21-25-36)43-45-44(50-46-43)32-22-26-37(27-23-32)48(35-16-8-3-9-17-35)38-28-29-42-40(30-38)39-18-10-11-19-41(39)49-42/h1-30H. The number of benzene rings is 7. The highest BCUT2D eigenvalue weighted by atomic mass is 32.1. The monoisotopic (exact) mass is 662 g/mol. The van der Waals surface area contributed by atoms with Gasteiger partial charge in [-0.2, -0.15) is 4.37 Å². The van der Waals surface area contributed by atoms with Crippen LogP contribution in [0.4, 0.5) is 34.1 Å². The first-order valence-electron chi connectivity index (χ1n) is 16.5. The number of aromatic nitrogens is 2. The van der Waals surface area contributed by atoms with Crippen LogP contribution in [0.15, 0.2) is 186 Å². The second-order valence-electron chi connectivity index (χ2n) is 12.0. The Morgan fingerprint density at radius 1 is 0.400 bits per heavy atom. The van der Waals surface area contributed by atoms with E-state index in [4.69, 9.17) is 13.8 Å². The van der Waals surface area contributed by atoms with E-state index in [0.29, 0.717) is 0 Å². The summed E-state index contributed by atoms with van der Waals surface area (Å²) in [6.45, 7) is 0. The maximum Gasteiger partial charge on any atom is 0.173 e. The van der Waals surface area contributed by atoms with Crippen LogP contribution in [-0.2, 0) is 0 Å². The highest BCUT2D eigenvalue weighted by Crippen LogP contribution is 2.40. The largest absolute Gasteiger partial charge is 0.456 e. The Kier molecular flexibility index (Phi) is 7.61. The summed E-state index contributed by atoms with van der Waals surface area (Å²) in [7, 11) is 0. The van der Waals surface area contributed by atoms with Gasteiger partial charge in [0.15, 0.2) is 5.82 Å². The Bertz CT molecular complexity index is 2490. The molecular formula is C44H30N4OS. The number of furan rings is 1. The zero-order chi connectivity index (χ0) is 33.3. The van der Waals surface area contributed by atoms with Crippen molar-refractivity contribution in [2.45, 2.75) is 0 Å². The number of hydrogen-bond acceptors (Lipinski definition) is 6. The fraction of sp³-hybridized carbons (Fsp3) is 0. The van der Waals surface area contributed by atoms with Gasteiger partial charge in [-0.15, -0.1) is 0 Å². The van der Waals surface area contributed by atoms with Gasteiger partial charge in [0.1, 0.15) is 16.2 Å². The maximum absolute atomic E-state index is 6.12. The van der Waals surface area contributed by atoms with Crippen molar-refractivity contribution in [2.75, 3.05) is 9.80 Å². The number of nitrogens with zero attached hydrogens (tertiary/aromatic N) is 4. The summed E-state index contributed by atoms with van der Waals surface area (Å²) in [5.74, 6) is 0.721. The molecule has 0 bridgehead atoms. The summed E-state index contributed by atoms with van der Waals surface area (Å²) < 4.78 is 10.9. The van der Waals surface area contributed by atoms with Gasteiger partial charge in [-0.3, -0.25) is 0 Å². The first-order chi connectivity index (χ1) is 24.8. The third-order valence-electron chi connectivity index (χ3n) is 8.84. The molecule has 0 fully saturated rings. The van der Waals surface area contributed by atoms with Crippen molar-refractivity contribution in [1.29, 1.82) is 0 Å². The van der Waals surface area contributed by atoms with E-state index in [0.717, 1.165) is 78.0 Å². The first kappa shape index (κ1) is 29.6. The molecule has 9 rings (SSSR count). The van der Waals surface area contributed by atoms with Gasteiger partial charge in [0, 0.05) is 56.0 Å². The van der Waals surface area contributed by atoms with E-state index in [1.165, 1.54) is 11.5 Å². The molecule has 9 aromatic rings. The summed E-state index contributed by atoms with van der Waals surface area (Å²) in [5, 5.41) is 3.08. The SMILES string of the molecule is c1ccc(N(c2ccccc2)c2ccc(-c3nsc(-c4ccc(N(c5ccccc5)c5ccc6oc7ccccc7c6c5)cc4)n3)cc2)cc1. The van der Waals surface area contributed by atoms with Gasteiger partial charge in [0.05, 0.1) is 0 Å². The lowest BCUT2D eigenvalue weighted by Gasteiger charge is -2.25. The van der Waals surface area contributed by atoms with Crippen LogP contribution in [0.3, 0.4) is 0 Å². The molecule has 50 heavy (non-hydrogen) atoms. The van der Waals surface area contributed by atoms with Crippen LogP contribution in [0.1, 0.15) is 0 Å². The molecule has 0 radical (unpaired) electrons. The van der Waals surface area contributed by atoms with Crippen LogP contribution >= 0.6 is 11.5 Å². The van der Waals surface area contributed by atoms with Crippen LogP contribution in [0.25, 0.3) is 43.9 Å². The van der Waals surface area contributed by atoms with Crippen molar-refractivity contribution in [2.24, 2.45) is 0 Å². The lowest BCUT2D eigenvalue weighted by atomic mass is 10.1. The predicted octanol–water partition coefficient (Wildman–Crippen LogP) is 12.7. The number of para-hydroxylation sites is 4. The van der Waals surface area contributed by atoms with Crippen LogP contribution in [0.2, 0.25) is 0 Å². The molecule has 6 heteroatoms. The average molecular weight is 663 g/mol. The van der Waals surface area contributed by atoms with Gasteiger partial charge in [-0.05, 0) is 121 Å². The molecule has 0 atom stereocenters. The lowest BCUT2D eigenvalue weighted by Crippen LogP contribution is -2.09. The molecule has 0 aliphatic rings. The third kappa shape index (κ3) is 5.57. The zero-order valence-electron chi connectivity index (χ0n) is 26.9. The molecular weight excluding hydrogens is 633 g/mol. The molecule has 2 aromatic heterocycles. The van der Waals surface area contributed by atoms with E-state index >= 15 is 0 Å².